The molecule has 0 unspecified atom stereocenters. The van der Waals surface area contributed by atoms with E-state index in [0.29, 0.717) is 6.42 Å². The first kappa shape index (κ1) is 26.4. The van der Waals surface area contributed by atoms with E-state index in [2.05, 4.69) is 76.3 Å². The molecule has 0 heterocycles. The minimum Gasteiger partial charge on any atom is -0.467 e. The van der Waals surface area contributed by atoms with Crippen LogP contribution in [-0.2, 0) is 15.9 Å². The molecule has 0 aliphatic carbocycles. The number of benzene rings is 2. The molecule has 0 atom stereocenters. The predicted molar refractivity (Wildman–Crippen MR) is 138 cm³/mol. The molecular weight excluding hydrogens is 412 g/mol. The fourth-order valence-corrected chi connectivity index (χ4v) is 3.28. The van der Waals surface area contributed by atoms with Crippen molar-refractivity contribution in [3.8, 4) is 11.5 Å². The van der Waals surface area contributed by atoms with Gasteiger partial charge in [0, 0.05) is 19.8 Å². The van der Waals surface area contributed by atoms with E-state index in [9.17, 15) is 0 Å². The molecule has 4 heteroatoms. The highest BCUT2D eigenvalue weighted by Crippen LogP contribution is 2.33. The van der Waals surface area contributed by atoms with Crippen LogP contribution in [0.1, 0.15) is 55.9 Å². The van der Waals surface area contributed by atoms with Gasteiger partial charge in [0.05, 0.1) is 0 Å². The van der Waals surface area contributed by atoms with Gasteiger partial charge in [0.2, 0.25) is 0 Å². The van der Waals surface area contributed by atoms with E-state index < -0.39 is 0 Å². The van der Waals surface area contributed by atoms with Crippen LogP contribution in [0.2, 0.25) is 0 Å². The Bertz CT molecular complexity index is 919. The highest BCUT2D eigenvalue weighted by Gasteiger charge is 2.13. The van der Waals surface area contributed by atoms with Crippen LogP contribution in [0.4, 0.5) is 0 Å². The maximum atomic E-state index is 5.94. The molecule has 33 heavy (non-hydrogen) atoms. The van der Waals surface area contributed by atoms with Gasteiger partial charge in [-0.1, -0.05) is 65.3 Å². The molecule has 0 amide bonds. The molecule has 2 aromatic carbocycles. The summed E-state index contributed by atoms with van der Waals surface area (Å²) in [5.41, 5.74) is 7.04. The molecule has 0 saturated carbocycles. The van der Waals surface area contributed by atoms with Gasteiger partial charge in [-0.2, -0.15) is 0 Å². The summed E-state index contributed by atoms with van der Waals surface area (Å²) < 4.78 is 22.2. The van der Waals surface area contributed by atoms with E-state index in [-0.39, 0.29) is 13.6 Å². The van der Waals surface area contributed by atoms with Crippen LogP contribution in [0.5, 0.6) is 11.5 Å². The molecule has 0 radical (unpaired) electrons. The highest BCUT2D eigenvalue weighted by atomic mass is 16.7. The van der Waals surface area contributed by atoms with E-state index in [1.165, 1.54) is 16.7 Å². The molecule has 0 N–H and O–H groups in total. The Kier molecular flexibility index (Phi) is 11.5. The number of allylic oxidation sites excluding steroid dienone is 4. The van der Waals surface area contributed by atoms with Crippen LogP contribution in [0.25, 0.3) is 12.2 Å². The fourth-order valence-electron chi connectivity index (χ4n) is 3.28. The summed E-state index contributed by atoms with van der Waals surface area (Å²) >= 11 is 0. The van der Waals surface area contributed by atoms with Gasteiger partial charge < -0.3 is 18.9 Å². The molecular formula is C29H38O4. The monoisotopic (exact) mass is 450 g/mol. The normalized spacial score (nSPS) is 11.6. The van der Waals surface area contributed by atoms with Gasteiger partial charge in [-0.25, -0.2) is 0 Å². The largest absolute Gasteiger partial charge is 0.467 e. The number of aryl methyl sites for hydroxylation is 1. The summed E-state index contributed by atoms with van der Waals surface area (Å²) in [6.07, 6.45) is 11.5. The smallest absolute Gasteiger partial charge is 0.188 e. The lowest BCUT2D eigenvalue weighted by Gasteiger charge is -2.16. The minimum absolute atomic E-state index is 0.172. The zero-order valence-electron chi connectivity index (χ0n) is 20.9. The summed E-state index contributed by atoms with van der Waals surface area (Å²) in [5.74, 6) is 1.50. The fraction of sp³-hybridized carbons (Fsp3) is 0.379. The van der Waals surface area contributed by atoms with E-state index in [4.69, 9.17) is 18.9 Å². The summed E-state index contributed by atoms with van der Waals surface area (Å²) in [5, 5.41) is 0. The van der Waals surface area contributed by atoms with E-state index in [1.54, 1.807) is 14.2 Å². The average Bonchev–Trinajstić information content (AvgIpc) is 2.79. The molecule has 0 fully saturated rings. The first-order valence-corrected chi connectivity index (χ1v) is 11.4. The van der Waals surface area contributed by atoms with Crippen LogP contribution in [0.15, 0.2) is 59.7 Å². The second-order valence-corrected chi connectivity index (χ2v) is 8.42. The van der Waals surface area contributed by atoms with E-state index in [0.717, 1.165) is 41.0 Å². The second kappa shape index (κ2) is 14.4. The Balaban J connectivity index is 2.34. The SMILES string of the molecule is COCOc1cc(C=Cc2ccc(C)cc2)cc(OCOC)c1CC=C(C)CCC=C(C)C. The summed E-state index contributed by atoms with van der Waals surface area (Å²) in [6.45, 7) is 8.86. The number of methoxy groups -OCH3 is 2. The first-order chi connectivity index (χ1) is 15.9. The van der Waals surface area contributed by atoms with Crippen molar-refractivity contribution in [2.75, 3.05) is 27.8 Å². The van der Waals surface area contributed by atoms with Crippen molar-refractivity contribution in [1.29, 1.82) is 0 Å². The van der Waals surface area contributed by atoms with Crippen LogP contribution >= 0.6 is 0 Å². The molecule has 2 rings (SSSR count). The Labute approximate surface area is 199 Å². The van der Waals surface area contributed by atoms with Crippen molar-refractivity contribution < 1.29 is 18.9 Å². The van der Waals surface area contributed by atoms with Gasteiger partial charge in [-0.05, 0) is 70.2 Å². The van der Waals surface area contributed by atoms with Gasteiger partial charge in [-0.15, -0.1) is 0 Å². The molecule has 2 aromatic rings. The van der Waals surface area contributed by atoms with Crippen molar-refractivity contribution in [1.82, 2.24) is 0 Å². The Morgan fingerprint density at radius 1 is 0.788 bits per heavy atom. The van der Waals surface area contributed by atoms with Crippen molar-refractivity contribution in [2.24, 2.45) is 0 Å². The maximum Gasteiger partial charge on any atom is 0.188 e. The lowest BCUT2D eigenvalue weighted by Crippen LogP contribution is -2.06. The highest BCUT2D eigenvalue weighted by molar-refractivity contribution is 5.72. The van der Waals surface area contributed by atoms with Crippen molar-refractivity contribution >= 4 is 12.2 Å². The molecule has 178 valence electrons. The summed E-state index contributed by atoms with van der Waals surface area (Å²) in [6, 6.07) is 12.5. The molecule has 0 spiro atoms. The van der Waals surface area contributed by atoms with E-state index >= 15 is 0 Å². The quantitative estimate of drug-likeness (QED) is 0.181. The Morgan fingerprint density at radius 3 is 1.91 bits per heavy atom. The number of ether oxygens (including phenoxy) is 4. The molecule has 0 aliphatic heterocycles. The Hall–Kier alpha value is -2.82. The van der Waals surface area contributed by atoms with Gasteiger partial charge in [-0.3, -0.25) is 0 Å². The minimum atomic E-state index is 0.172. The lowest BCUT2D eigenvalue weighted by molar-refractivity contribution is 0.0448. The van der Waals surface area contributed by atoms with Crippen LogP contribution in [0, 0.1) is 6.92 Å². The summed E-state index contributed by atoms with van der Waals surface area (Å²) in [7, 11) is 3.24. The third-order valence-corrected chi connectivity index (χ3v) is 5.15. The average molecular weight is 451 g/mol. The molecule has 4 nitrogen and oxygen atoms in total. The number of hydrogen-bond acceptors (Lipinski definition) is 4. The molecule has 0 saturated heterocycles. The van der Waals surface area contributed by atoms with Gasteiger partial charge in [0.1, 0.15) is 11.5 Å². The zero-order valence-corrected chi connectivity index (χ0v) is 20.9. The van der Waals surface area contributed by atoms with E-state index in [1.807, 2.05) is 12.1 Å². The molecule has 0 aromatic heterocycles. The molecule has 0 bridgehead atoms. The third kappa shape index (κ3) is 9.68. The number of rotatable bonds is 13. The summed E-state index contributed by atoms with van der Waals surface area (Å²) in [4.78, 5) is 0. The van der Waals surface area contributed by atoms with Gasteiger partial charge >= 0.3 is 0 Å². The van der Waals surface area contributed by atoms with Crippen molar-refractivity contribution in [2.45, 2.75) is 47.0 Å². The Morgan fingerprint density at radius 2 is 1.36 bits per heavy atom. The van der Waals surface area contributed by atoms with Gasteiger partial charge in [0.25, 0.3) is 0 Å². The van der Waals surface area contributed by atoms with Crippen LogP contribution in [-0.4, -0.2) is 27.8 Å². The standard InChI is InChI=1S/C29H38O4/c1-22(2)8-7-9-23(3)12-17-27-28(32-20-30-5)18-26(19-29(27)33-21-31-6)16-15-25-13-10-24(4)11-14-25/h8,10-16,18-19H,7,9,17,20-21H2,1-6H3. The van der Waals surface area contributed by atoms with Crippen molar-refractivity contribution in [3.05, 3.63) is 82.0 Å². The van der Waals surface area contributed by atoms with Crippen LogP contribution < -0.4 is 9.47 Å². The maximum absolute atomic E-state index is 5.94. The topological polar surface area (TPSA) is 36.9 Å². The predicted octanol–water partition coefficient (Wildman–Crippen LogP) is 7.37. The second-order valence-electron chi connectivity index (χ2n) is 8.42. The lowest BCUT2D eigenvalue weighted by atomic mass is 10.0. The zero-order chi connectivity index (χ0) is 24.1. The molecule has 0 aliphatic rings. The van der Waals surface area contributed by atoms with Crippen molar-refractivity contribution in [3.63, 3.8) is 0 Å². The first-order valence-electron chi connectivity index (χ1n) is 11.4. The van der Waals surface area contributed by atoms with Gasteiger partial charge in [0.15, 0.2) is 13.6 Å². The number of hydrogen-bond donors (Lipinski definition) is 0. The van der Waals surface area contributed by atoms with Crippen LogP contribution in [0.3, 0.4) is 0 Å². The third-order valence-electron chi connectivity index (χ3n) is 5.15.